The van der Waals surface area contributed by atoms with Crippen LogP contribution in [0.25, 0.3) is 22.3 Å². The molecule has 0 radical (unpaired) electrons. The minimum Gasteiger partial charge on any atom is -0.494 e. The van der Waals surface area contributed by atoms with E-state index in [1.807, 2.05) is 50.2 Å². The van der Waals surface area contributed by atoms with Crippen LogP contribution in [0.4, 0.5) is 0 Å². The first-order valence-corrected chi connectivity index (χ1v) is 15.8. The van der Waals surface area contributed by atoms with Gasteiger partial charge in [-0.1, -0.05) is 55.8 Å². The van der Waals surface area contributed by atoms with Crippen LogP contribution >= 0.6 is 31.9 Å². The standard InChI is InChI=1S/C35H33Br2N3O3/c1-6-42-32-15-23(5)28(18-27(32)21(2)3)34-39-31-10-8-7-9-26(31)35(41)40(34)38-19-25-16-29(36)33(30(37)17-25)43-20-24-13-11-22(4)12-14-24/h7-19,21H,6,20H2,1-5H3. The minimum atomic E-state index is -0.243. The van der Waals surface area contributed by atoms with Crippen molar-refractivity contribution in [3.8, 4) is 22.9 Å². The van der Waals surface area contributed by atoms with E-state index >= 15 is 0 Å². The first-order valence-electron chi connectivity index (χ1n) is 14.2. The maximum Gasteiger partial charge on any atom is 0.282 e. The van der Waals surface area contributed by atoms with Crippen molar-refractivity contribution in [1.82, 2.24) is 9.66 Å². The summed E-state index contributed by atoms with van der Waals surface area (Å²) < 4.78 is 15.0. The first-order chi connectivity index (χ1) is 20.7. The number of hydrogen-bond donors (Lipinski definition) is 0. The fourth-order valence-corrected chi connectivity index (χ4v) is 6.28. The summed E-state index contributed by atoms with van der Waals surface area (Å²) in [5.74, 6) is 2.22. The summed E-state index contributed by atoms with van der Waals surface area (Å²) >= 11 is 7.30. The molecular formula is C35H33Br2N3O3. The van der Waals surface area contributed by atoms with E-state index in [9.17, 15) is 4.79 Å². The Hall–Kier alpha value is -3.75. The zero-order valence-electron chi connectivity index (χ0n) is 24.8. The van der Waals surface area contributed by atoms with Crippen molar-refractivity contribution in [2.45, 2.75) is 47.1 Å². The molecule has 0 aliphatic heterocycles. The Kier molecular flexibility index (Phi) is 9.47. The molecule has 8 heteroatoms. The van der Waals surface area contributed by atoms with Gasteiger partial charge in [0.25, 0.3) is 5.56 Å². The van der Waals surface area contributed by atoms with E-state index in [0.29, 0.717) is 35.7 Å². The lowest BCUT2D eigenvalue weighted by Gasteiger charge is -2.18. The number of fused-ring (bicyclic) bond motifs is 1. The molecule has 0 bridgehead atoms. The number of para-hydroxylation sites is 1. The summed E-state index contributed by atoms with van der Waals surface area (Å²) in [7, 11) is 0. The highest BCUT2D eigenvalue weighted by molar-refractivity contribution is 9.11. The van der Waals surface area contributed by atoms with Gasteiger partial charge in [-0.15, -0.1) is 0 Å². The van der Waals surface area contributed by atoms with Crippen molar-refractivity contribution in [3.63, 3.8) is 0 Å². The molecule has 6 nitrogen and oxygen atoms in total. The Bertz CT molecular complexity index is 1860. The molecule has 0 amide bonds. The molecule has 220 valence electrons. The van der Waals surface area contributed by atoms with Gasteiger partial charge in [0.1, 0.15) is 18.1 Å². The first kappa shape index (κ1) is 30.7. The van der Waals surface area contributed by atoms with E-state index in [1.165, 1.54) is 10.2 Å². The van der Waals surface area contributed by atoms with Gasteiger partial charge in [0.15, 0.2) is 5.82 Å². The zero-order chi connectivity index (χ0) is 30.7. The van der Waals surface area contributed by atoms with Crippen LogP contribution in [0, 0.1) is 13.8 Å². The van der Waals surface area contributed by atoms with Crippen LogP contribution in [0.5, 0.6) is 11.5 Å². The van der Waals surface area contributed by atoms with Crippen molar-refractivity contribution in [3.05, 3.63) is 120 Å². The molecule has 0 saturated heterocycles. The number of hydrogen-bond acceptors (Lipinski definition) is 5. The molecule has 0 aliphatic carbocycles. The van der Waals surface area contributed by atoms with Crippen molar-refractivity contribution in [2.75, 3.05) is 6.61 Å². The van der Waals surface area contributed by atoms with Crippen molar-refractivity contribution in [1.29, 1.82) is 0 Å². The predicted octanol–water partition coefficient (Wildman–Crippen LogP) is 9.19. The molecule has 0 fully saturated rings. The molecule has 0 aliphatic rings. The summed E-state index contributed by atoms with van der Waals surface area (Å²) in [5, 5.41) is 5.19. The normalized spacial score (nSPS) is 11.5. The fraction of sp³-hybridized carbons (Fsp3) is 0.229. The number of aromatic nitrogens is 2. The van der Waals surface area contributed by atoms with Gasteiger partial charge in [-0.3, -0.25) is 4.79 Å². The number of aryl methyl sites for hydroxylation is 2. The van der Waals surface area contributed by atoms with Gasteiger partial charge < -0.3 is 9.47 Å². The summed E-state index contributed by atoms with van der Waals surface area (Å²) in [4.78, 5) is 18.8. The molecule has 5 rings (SSSR count). The minimum absolute atomic E-state index is 0.214. The summed E-state index contributed by atoms with van der Waals surface area (Å²) in [6, 6.07) is 23.5. The Labute approximate surface area is 268 Å². The van der Waals surface area contributed by atoms with Crippen LogP contribution in [-0.4, -0.2) is 22.5 Å². The van der Waals surface area contributed by atoms with Crippen LogP contribution in [0.15, 0.2) is 91.6 Å². The highest BCUT2D eigenvalue weighted by Crippen LogP contribution is 2.36. The Morgan fingerprint density at radius 2 is 1.65 bits per heavy atom. The third-order valence-electron chi connectivity index (χ3n) is 7.12. The summed E-state index contributed by atoms with van der Waals surface area (Å²) in [6.07, 6.45) is 1.66. The Balaban J connectivity index is 1.56. The average Bonchev–Trinajstić information content (AvgIpc) is 2.97. The van der Waals surface area contributed by atoms with Crippen molar-refractivity contribution >= 4 is 49.0 Å². The average molecular weight is 703 g/mol. The van der Waals surface area contributed by atoms with Crippen LogP contribution in [0.3, 0.4) is 0 Å². The lowest BCUT2D eigenvalue weighted by Crippen LogP contribution is -2.21. The maximum atomic E-state index is 13.8. The van der Waals surface area contributed by atoms with Crippen LogP contribution in [0.2, 0.25) is 0 Å². The number of ether oxygens (including phenoxy) is 2. The topological polar surface area (TPSA) is 65.7 Å². The molecule has 0 saturated carbocycles. The van der Waals surface area contributed by atoms with E-state index < -0.39 is 0 Å². The fourth-order valence-electron chi connectivity index (χ4n) is 4.83. The quantitative estimate of drug-likeness (QED) is 0.144. The molecule has 0 N–H and O–H groups in total. The molecule has 5 aromatic rings. The molecule has 1 aromatic heterocycles. The lowest BCUT2D eigenvalue weighted by molar-refractivity contribution is 0.302. The highest BCUT2D eigenvalue weighted by Gasteiger charge is 2.19. The van der Waals surface area contributed by atoms with E-state index in [0.717, 1.165) is 42.5 Å². The summed E-state index contributed by atoms with van der Waals surface area (Å²) in [5.41, 5.74) is 6.26. The van der Waals surface area contributed by atoms with Gasteiger partial charge in [0, 0.05) is 5.56 Å². The third kappa shape index (κ3) is 6.76. The van der Waals surface area contributed by atoms with Crippen molar-refractivity contribution < 1.29 is 9.47 Å². The second kappa shape index (κ2) is 13.3. The molecule has 0 spiro atoms. The second-order valence-corrected chi connectivity index (χ2v) is 12.4. The van der Waals surface area contributed by atoms with Crippen LogP contribution in [-0.2, 0) is 6.61 Å². The van der Waals surface area contributed by atoms with Gasteiger partial charge in [-0.25, -0.2) is 4.98 Å². The number of benzene rings is 4. The van der Waals surface area contributed by atoms with Crippen LogP contribution in [0.1, 0.15) is 54.5 Å². The molecule has 43 heavy (non-hydrogen) atoms. The van der Waals surface area contributed by atoms with E-state index in [-0.39, 0.29) is 11.5 Å². The number of rotatable bonds is 9. The molecule has 1 heterocycles. The third-order valence-corrected chi connectivity index (χ3v) is 8.30. The van der Waals surface area contributed by atoms with Crippen molar-refractivity contribution in [2.24, 2.45) is 5.10 Å². The Morgan fingerprint density at radius 3 is 2.33 bits per heavy atom. The molecular weight excluding hydrogens is 670 g/mol. The number of nitrogens with zero attached hydrogens (tertiary/aromatic N) is 3. The van der Waals surface area contributed by atoms with Gasteiger partial charge >= 0.3 is 0 Å². The predicted molar refractivity (Wildman–Crippen MR) is 182 cm³/mol. The van der Waals surface area contributed by atoms with Gasteiger partial charge in [0.2, 0.25) is 0 Å². The molecule has 4 aromatic carbocycles. The maximum absolute atomic E-state index is 13.8. The summed E-state index contributed by atoms with van der Waals surface area (Å²) in [6.45, 7) is 11.3. The smallest absolute Gasteiger partial charge is 0.282 e. The molecule has 0 unspecified atom stereocenters. The van der Waals surface area contributed by atoms with Gasteiger partial charge in [0.05, 0.1) is 32.7 Å². The monoisotopic (exact) mass is 701 g/mol. The van der Waals surface area contributed by atoms with E-state index in [4.69, 9.17) is 19.6 Å². The number of halogens is 2. The zero-order valence-corrected chi connectivity index (χ0v) is 28.0. The van der Waals surface area contributed by atoms with E-state index in [2.05, 4.69) is 83.0 Å². The van der Waals surface area contributed by atoms with Crippen LogP contribution < -0.4 is 15.0 Å². The van der Waals surface area contributed by atoms with Gasteiger partial charge in [-0.2, -0.15) is 9.78 Å². The second-order valence-electron chi connectivity index (χ2n) is 10.7. The van der Waals surface area contributed by atoms with E-state index in [1.54, 1.807) is 12.3 Å². The Morgan fingerprint density at radius 1 is 0.953 bits per heavy atom. The van der Waals surface area contributed by atoms with Gasteiger partial charge in [-0.05, 0) is 117 Å². The SMILES string of the molecule is CCOc1cc(C)c(-c2nc3ccccc3c(=O)n2N=Cc2cc(Br)c(OCc3ccc(C)cc3)c(Br)c2)cc1C(C)C. The lowest BCUT2D eigenvalue weighted by atomic mass is 9.96. The molecule has 0 atom stereocenters. The highest BCUT2D eigenvalue weighted by atomic mass is 79.9. The largest absolute Gasteiger partial charge is 0.494 e.